The number of aliphatic hydroxyl groups excluding tert-OH is 1. The minimum Gasteiger partial charge on any atom is -0.491 e. The van der Waals surface area contributed by atoms with Gasteiger partial charge in [0.1, 0.15) is 24.6 Å². The summed E-state index contributed by atoms with van der Waals surface area (Å²) in [5, 5.41) is 10.4. The fourth-order valence-corrected chi connectivity index (χ4v) is 4.45. The SMILES string of the molecule is O=C1CC2C(CC(OC(=O)c3ccccc3)C2CCC(O)COc2ccccc2)O1. The fraction of sp³-hybridized carbons (Fsp3) is 0.417. The molecule has 30 heavy (non-hydrogen) atoms. The highest BCUT2D eigenvalue weighted by molar-refractivity contribution is 5.89. The molecule has 2 fully saturated rings. The molecule has 5 unspecified atom stereocenters. The number of ether oxygens (including phenoxy) is 3. The number of carbonyl (C=O) groups excluding carboxylic acids is 2. The second-order valence-corrected chi connectivity index (χ2v) is 7.96. The molecule has 4 rings (SSSR count). The Morgan fingerprint density at radius 3 is 2.53 bits per heavy atom. The molecule has 1 aliphatic heterocycles. The molecule has 0 spiro atoms. The lowest BCUT2D eigenvalue weighted by Crippen LogP contribution is -2.28. The van der Waals surface area contributed by atoms with Gasteiger partial charge in [-0.15, -0.1) is 0 Å². The summed E-state index contributed by atoms with van der Waals surface area (Å²) in [5.41, 5.74) is 0.501. The van der Waals surface area contributed by atoms with Crippen LogP contribution < -0.4 is 4.74 Å². The average molecular weight is 410 g/mol. The predicted octanol–water partition coefficient (Wildman–Crippen LogP) is 3.38. The quantitative estimate of drug-likeness (QED) is 0.672. The Balaban J connectivity index is 1.35. The lowest BCUT2D eigenvalue weighted by molar-refractivity contribution is -0.141. The van der Waals surface area contributed by atoms with Gasteiger partial charge in [-0.3, -0.25) is 4.79 Å². The Kier molecular flexibility index (Phi) is 6.33. The number of hydrogen-bond donors (Lipinski definition) is 1. The van der Waals surface area contributed by atoms with E-state index in [2.05, 4.69) is 0 Å². The number of esters is 2. The maximum atomic E-state index is 12.5. The molecule has 0 aromatic heterocycles. The van der Waals surface area contributed by atoms with Crippen LogP contribution in [0.5, 0.6) is 5.75 Å². The third-order valence-electron chi connectivity index (χ3n) is 5.94. The van der Waals surface area contributed by atoms with Crippen LogP contribution in [0.25, 0.3) is 0 Å². The third-order valence-corrected chi connectivity index (χ3v) is 5.94. The highest BCUT2D eigenvalue weighted by Crippen LogP contribution is 2.45. The molecule has 1 saturated heterocycles. The number of hydrogen-bond acceptors (Lipinski definition) is 6. The molecule has 6 heteroatoms. The number of carbonyl (C=O) groups is 2. The monoisotopic (exact) mass is 410 g/mol. The average Bonchev–Trinajstić information content (AvgIpc) is 3.27. The number of benzene rings is 2. The van der Waals surface area contributed by atoms with Crippen molar-refractivity contribution in [3.63, 3.8) is 0 Å². The Morgan fingerprint density at radius 1 is 1.10 bits per heavy atom. The summed E-state index contributed by atoms with van der Waals surface area (Å²) in [7, 11) is 0. The first-order valence-corrected chi connectivity index (χ1v) is 10.4. The zero-order chi connectivity index (χ0) is 20.9. The summed E-state index contributed by atoms with van der Waals surface area (Å²) in [4.78, 5) is 24.3. The molecule has 0 bridgehead atoms. The van der Waals surface area contributed by atoms with Gasteiger partial charge in [-0.2, -0.15) is 0 Å². The minimum atomic E-state index is -0.646. The van der Waals surface area contributed by atoms with Gasteiger partial charge in [-0.25, -0.2) is 4.79 Å². The Labute approximate surface area is 175 Å². The highest BCUT2D eigenvalue weighted by atomic mass is 16.6. The lowest BCUT2D eigenvalue weighted by atomic mass is 9.87. The molecule has 2 aromatic rings. The zero-order valence-electron chi connectivity index (χ0n) is 16.7. The van der Waals surface area contributed by atoms with Crippen molar-refractivity contribution in [1.82, 2.24) is 0 Å². The Bertz CT molecular complexity index is 853. The van der Waals surface area contributed by atoms with E-state index in [0.29, 0.717) is 37.0 Å². The van der Waals surface area contributed by atoms with Crippen LogP contribution in [-0.4, -0.2) is 42.0 Å². The number of para-hydroxylation sites is 1. The summed E-state index contributed by atoms with van der Waals surface area (Å²) in [6.45, 7) is 0.189. The van der Waals surface area contributed by atoms with Crippen LogP contribution in [0.4, 0.5) is 0 Å². The molecular formula is C24H26O6. The molecule has 6 nitrogen and oxygen atoms in total. The van der Waals surface area contributed by atoms with Crippen molar-refractivity contribution in [2.75, 3.05) is 6.61 Å². The maximum Gasteiger partial charge on any atom is 0.338 e. The molecule has 1 aliphatic carbocycles. The van der Waals surface area contributed by atoms with Gasteiger partial charge in [0.2, 0.25) is 0 Å². The van der Waals surface area contributed by atoms with Crippen molar-refractivity contribution in [3.8, 4) is 5.75 Å². The molecule has 2 aliphatic rings. The number of fused-ring (bicyclic) bond motifs is 1. The molecule has 1 N–H and O–H groups in total. The Morgan fingerprint density at radius 2 is 1.80 bits per heavy atom. The first-order valence-electron chi connectivity index (χ1n) is 10.4. The second kappa shape index (κ2) is 9.30. The minimum absolute atomic E-state index is 0.0216. The van der Waals surface area contributed by atoms with Crippen molar-refractivity contribution >= 4 is 11.9 Å². The standard InChI is InChI=1S/C24H26O6/c25-17(15-28-18-9-5-2-6-10-18)11-12-19-20-13-23(26)29-22(20)14-21(19)30-24(27)16-7-3-1-4-8-16/h1-10,17,19-22,25H,11-15H2. The predicted molar refractivity (Wildman–Crippen MR) is 109 cm³/mol. The van der Waals surface area contributed by atoms with Crippen LogP contribution in [0, 0.1) is 11.8 Å². The number of aliphatic hydroxyl groups is 1. The van der Waals surface area contributed by atoms with Gasteiger partial charge in [0.15, 0.2) is 0 Å². The molecule has 5 atom stereocenters. The summed E-state index contributed by atoms with van der Waals surface area (Å²) in [5.74, 6) is 0.136. The van der Waals surface area contributed by atoms with Crippen LogP contribution in [0.2, 0.25) is 0 Å². The molecule has 0 radical (unpaired) electrons. The van der Waals surface area contributed by atoms with E-state index >= 15 is 0 Å². The smallest absolute Gasteiger partial charge is 0.338 e. The van der Waals surface area contributed by atoms with Gasteiger partial charge in [-0.1, -0.05) is 36.4 Å². The van der Waals surface area contributed by atoms with Crippen LogP contribution in [0.1, 0.15) is 36.0 Å². The van der Waals surface area contributed by atoms with Gasteiger partial charge >= 0.3 is 11.9 Å². The third kappa shape index (κ3) is 4.82. The van der Waals surface area contributed by atoms with Crippen molar-refractivity contribution in [1.29, 1.82) is 0 Å². The van der Waals surface area contributed by atoms with E-state index in [1.807, 2.05) is 36.4 Å². The molecule has 158 valence electrons. The van der Waals surface area contributed by atoms with Gasteiger partial charge in [0.25, 0.3) is 0 Å². The highest BCUT2D eigenvalue weighted by Gasteiger charge is 2.51. The molecule has 1 saturated carbocycles. The largest absolute Gasteiger partial charge is 0.491 e. The first kappa shape index (κ1) is 20.4. The van der Waals surface area contributed by atoms with Gasteiger partial charge in [0, 0.05) is 18.3 Å². The number of rotatable bonds is 8. The summed E-state index contributed by atoms with van der Waals surface area (Å²) in [6, 6.07) is 18.2. The lowest BCUT2D eigenvalue weighted by Gasteiger charge is -2.24. The summed E-state index contributed by atoms with van der Waals surface area (Å²) < 4.78 is 16.8. The first-order chi connectivity index (χ1) is 14.6. The van der Waals surface area contributed by atoms with E-state index in [9.17, 15) is 14.7 Å². The Hall–Kier alpha value is -2.86. The van der Waals surface area contributed by atoms with E-state index in [1.165, 1.54) is 0 Å². The van der Waals surface area contributed by atoms with Gasteiger partial charge < -0.3 is 19.3 Å². The summed E-state index contributed by atoms with van der Waals surface area (Å²) in [6.07, 6.45) is 0.782. The molecule has 1 heterocycles. The maximum absolute atomic E-state index is 12.5. The van der Waals surface area contributed by atoms with E-state index in [1.54, 1.807) is 24.3 Å². The van der Waals surface area contributed by atoms with E-state index in [0.717, 1.165) is 0 Å². The zero-order valence-corrected chi connectivity index (χ0v) is 16.7. The van der Waals surface area contributed by atoms with E-state index in [-0.39, 0.29) is 42.6 Å². The molecular weight excluding hydrogens is 384 g/mol. The van der Waals surface area contributed by atoms with Crippen molar-refractivity contribution in [3.05, 3.63) is 66.2 Å². The molecule has 0 amide bonds. The topological polar surface area (TPSA) is 82.1 Å². The van der Waals surface area contributed by atoms with Crippen LogP contribution in [0.15, 0.2) is 60.7 Å². The van der Waals surface area contributed by atoms with E-state index < -0.39 is 6.10 Å². The van der Waals surface area contributed by atoms with Crippen molar-refractivity contribution in [2.45, 2.75) is 44.0 Å². The van der Waals surface area contributed by atoms with Crippen LogP contribution in [-0.2, 0) is 14.3 Å². The molecule has 2 aromatic carbocycles. The van der Waals surface area contributed by atoms with Crippen molar-refractivity contribution < 1.29 is 28.9 Å². The normalized spacial score (nSPS) is 26.0. The van der Waals surface area contributed by atoms with Gasteiger partial charge in [0.05, 0.1) is 18.1 Å². The summed E-state index contributed by atoms with van der Waals surface area (Å²) >= 11 is 0. The second-order valence-electron chi connectivity index (χ2n) is 7.96. The van der Waals surface area contributed by atoms with Gasteiger partial charge in [-0.05, 0) is 37.1 Å². The fourth-order valence-electron chi connectivity index (χ4n) is 4.45. The van der Waals surface area contributed by atoms with Crippen LogP contribution in [0.3, 0.4) is 0 Å². The van der Waals surface area contributed by atoms with E-state index in [4.69, 9.17) is 14.2 Å². The van der Waals surface area contributed by atoms with Crippen LogP contribution >= 0.6 is 0 Å². The van der Waals surface area contributed by atoms with Crippen molar-refractivity contribution in [2.24, 2.45) is 11.8 Å².